The fraction of sp³-hybridized carbons (Fsp3) is 0.0588. The quantitative estimate of drug-likeness (QED) is 0.0143. The average Bonchev–Trinajstić information content (AvgIpc) is 0.751. The maximum absolute atomic E-state index is 12.9. The summed E-state index contributed by atoms with van der Waals surface area (Å²) in [5.41, 5.74) is 23.4. The van der Waals surface area contributed by atoms with Crippen LogP contribution in [0.15, 0.2) is 510 Å². The molecule has 0 spiro atoms. The maximum Gasteiger partial charge on any atom is 0.128 e. The second kappa shape index (κ2) is 45.3. The molecule has 0 unspecified atom stereocenters. The molecule has 0 aliphatic carbocycles. The van der Waals surface area contributed by atoms with Crippen molar-refractivity contribution in [3.8, 4) is 112 Å². The molecule has 0 heterocycles. The molecule has 0 aromatic heterocycles. The van der Waals surface area contributed by atoms with Gasteiger partial charge in [-0.15, -0.1) is 0 Å². The summed E-state index contributed by atoms with van der Waals surface area (Å²) < 4.78 is 0. The molecule has 0 aliphatic rings. The number of nitrogens with one attached hydrogen (secondary N) is 4. The zero-order valence-electron chi connectivity index (χ0n) is 81.0. The van der Waals surface area contributed by atoms with Gasteiger partial charge >= 0.3 is 0 Å². The second-order valence-corrected chi connectivity index (χ2v) is 37.3. The first-order valence-corrected chi connectivity index (χ1v) is 49.8. The Bertz CT molecular complexity index is 7810. The molecule has 12 heteroatoms. The molecule has 10 nitrogen and oxygen atoms in total. The van der Waals surface area contributed by atoms with E-state index in [9.17, 15) is 20.4 Å². The smallest absolute Gasteiger partial charge is 0.128 e. The fourth-order valence-electron chi connectivity index (χ4n) is 22.0. The van der Waals surface area contributed by atoms with Crippen LogP contribution in [0.5, 0.6) is 23.0 Å². The van der Waals surface area contributed by atoms with Crippen molar-refractivity contribution in [1.29, 1.82) is 0 Å². The summed E-state index contributed by atoms with van der Waals surface area (Å²) in [7, 11) is 0. The van der Waals surface area contributed by atoms with E-state index in [1.807, 2.05) is 48.5 Å². The van der Waals surface area contributed by atoms with Gasteiger partial charge in [-0.3, -0.25) is 10.5 Å². The number of benzene rings is 24. The van der Waals surface area contributed by atoms with E-state index in [2.05, 4.69) is 482 Å². The second-order valence-electron chi connectivity index (χ2n) is 37.3. The normalized spacial score (nSPS) is 12.1. The molecular formula is C136H106Fe2N4O6. The van der Waals surface area contributed by atoms with E-state index < -0.39 is 0 Å². The molecule has 10 N–H and O–H groups in total. The number of aromatic hydroxyl groups is 4. The minimum atomic E-state index is -0.273. The number of phenolic OH excluding ortho intramolecular Hbond substituents is 4. The van der Waals surface area contributed by atoms with Crippen molar-refractivity contribution in [3.05, 3.63) is 554 Å². The molecule has 24 aromatic rings. The van der Waals surface area contributed by atoms with Crippen molar-refractivity contribution in [2.24, 2.45) is 0 Å². The Kier molecular flexibility index (Phi) is 30.2. The van der Waals surface area contributed by atoms with E-state index in [0.29, 0.717) is 26.2 Å². The summed E-state index contributed by atoms with van der Waals surface area (Å²) in [4.78, 5) is 0. The summed E-state index contributed by atoms with van der Waals surface area (Å²) in [6.45, 7) is 1.48. The first-order valence-electron chi connectivity index (χ1n) is 49.8. The predicted molar refractivity (Wildman–Crippen MR) is 605 cm³/mol. The third-order valence-electron chi connectivity index (χ3n) is 28.8. The van der Waals surface area contributed by atoms with Crippen LogP contribution in [-0.2, 0) is 60.3 Å². The van der Waals surface area contributed by atoms with E-state index in [-0.39, 0.29) is 81.3 Å². The van der Waals surface area contributed by atoms with Gasteiger partial charge in [-0.1, -0.05) is 485 Å². The Morgan fingerprint density at radius 1 is 0.155 bits per heavy atom. The van der Waals surface area contributed by atoms with Crippen molar-refractivity contribution in [2.75, 3.05) is 0 Å². The Morgan fingerprint density at radius 3 is 0.486 bits per heavy atom. The van der Waals surface area contributed by atoms with Crippen LogP contribution in [0.4, 0.5) is 0 Å². The summed E-state index contributed by atoms with van der Waals surface area (Å²) >= 11 is 0. The minimum Gasteiger partial charge on any atom is -0.507 e. The van der Waals surface area contributed by atoms with Gasteiger partial charge in [-0.05, 0) is 177 Å². The Balaban J connectivity index is 0.000000174. The maximum atomic E-state index is 12.9. The summed E-state index contributed by atoms with van der Waals surface area (Å²) in [5, 5.41) is 96.4. The molecule has 0 aliphatic heterocycles. The Hall–Kier alpha value is -16.6. The molecule has 722 valence electrons. The van der Waals surface area contributed by atoms with Crippen molar-refractivity contribution >= 4 is 86.2 Å². The molecule has 0 amide bonds. The van der Waals surface area contributed by atoms with E-state index in [0.717, 1.165) is 220 Å². The number of fused-ring (bicyclic) bond motifs is 8. The van der Waals surface area contributed by atoms with Gasteiger partial charge in [0.1, 0.15) is 23.0 Å². The van der Waals surface area contributed by atoms with Crippen molar-refractivity contribution < 1.29 is 65.1 Å². The van der Waals surface area contributed by atoms with Crippen molar-refractivity contribution in [3.63, 3.8) is 0 Å². The monoisotopic (exact) mass is 2000 g/mol. The minimum absolute atomic E-state index is 0. The third kappa shape index (κ3) is 19.9. The van der Waals surface area contributed by atoms with E-state index in [1.165, 1.54) is 0 Å². The summed E-state index contributed by atoms with van der Waals surface area (Å²) in [6.07, 6.45) is 0. The van der Waals surface area contributed by atoms with Gasteiger partial charge in [0.05, 0.1) is 24.2 Å². The number of rotatable bonds is 26. The standard InChI is InChI=1S/2C68H52N2O2.2Fe.H2O2/c2*71-67-53(41-51-31-15-19-35-57(51)63(67)61-55-33-17-13-25-47(55)37-39-59(61)45-21-5-1-6-22-45)43-69-65(49-27-9-3-10-28-49)66(50-29-11-4-12-30-50)70-44-54-42-52-32-16-20-36-58(52)64(68(54)72)62-56-34-18-14-26-48(56)38-40-60(62)46-23-7-2-8-24-46;;;1-2/h2*1-42,65-66,69-72H,43-44H2;;;1-2H/t2*65-,66-;;;/m11.../s1. The van der Waals surface area contributed by atoms with Gasteiger partial charge in [0.2, 0.25) is 0 Å². The summed E-state index contributed by atoms with van der Waals surface area (Å²) in [6, 6.07) is 176. The Morgan fingerprint density at radius 2 is 0.304 bits per heavy atom. The zero-order valence-corrected chi connectivity index (χ0v) is 83.2. The number of phenols is 4. The van der Waals surface area contributed by atoms with Gasteiger partial charge in [0.15, 0.2) is 0 Å². The van der Waals surface area contributed by atoms with E-state index in [4.69, 9.17) is 10.5 Å². The van der Waals surface area contributed by atoms with Gasteiger partial charge in [0.25, 0.3) is 0 Å². The third-order valence-corrected chi connectivity index (χ3v) is 28.8. The van der Waals surface area contributed by atoms with E-state index in [1.54, 1.807) is 0 Å². The summed E-state index contributed by atoms with van der Waals surface area (Å²) in [5.74, 6) is 1.01. The molecule has 148 heavy (non-hydrogen) atoms. The van der Waals surface area contributed by atoms with E-state index >= 15 is 0 Å². The zero-order chi connectivity index (χ0) is 98.8. The molecule has 4 atom stereocenters. The van der Waals surface area contributed by atoms with Crippen molar-refractivity contribution in [1.82, 2.24) is 21.3 Å². The molecule has 0 saturated carbocycles. The van der Waals surface area contributed by atoms with Gasteiger partial charge in [-0.2, -0.15) is 0 Å². The van der Waals surface area contributed by atoms with Crippen LogP contribution >= 0.6 is 0 Å². The molecule has 0 saturated heterocycles. The molecule has 0 radical (unpaired) electrons. The molecular weight excluding hydrogens is 1900 g/mol. The van der Waals surface area contributed by atoms with Gasteiger partial charge in [-0.25, -0.2) is 0 Å². The Labute approximate surface area is 882 Å². The van der Waals surface area contributed by atoms with Crippen LogP contribution in [0.3, 0.4) is 0 Å². The SMILES string of the molecule is OO.Oc1c(CN[C@H](c2ccccc2)[C@H](NCc2cc3ccccc3c(-c3c(-c4ccccc4)ccc4ccccc34)c2O)c2ccccc2)cc2ccccc2c1-c1c(-c2ccccc2)ccc2ccccc12.Oc1c(CN[C@H](c2ccccc2)[C@H](NCc2cc3ccccc3c(-c3c(-c4ccccc4)ccc4ccccc34)c2O)c2ccccc2)cc2ccccc2c1-c1c(-c2ccccc2)ccc2ccccc12.[Fe].[Fe]. The number of hydrogen-bond acceptors (Lipinski definition) is 10. The van der Waals surface area contributed by atoms with Crippen LogP contribution in [0.1, 0.15) is 68.7 Å². The predicted octanol–water partition coefficient (Wildman–Crippen LogP) is 33.5. The molecule has 0 fully saturated rings. The topological polar surface area (TPSA) is 170 Å². The molecule has 24 aromatic carbocycles. The first-order chi connectivity index (χ1) is 72.2. The van der Waals surface area contributed by atoms with Gasteiger partial charge < -0.3 is 41.7 Å². The molecule has 0 bridgehead atoms. The molecule has 24 rings (SSSR count). The number of hydrogen-bond donors (Lipinski definition) is 10. The average molecular weight is 2000 g/mol. The first kappa shape index (κ1) is 98.7. The van der Waals surface area contributed by atoms with Gasteiger partial charge in [0, 0.05) is 127 Å². The van der Waals surface area contributed by atoms with Crippen LogP contribution in [-0.4, -0.2) is 30.9 Å². The van der Waals surface area contributed by atoms with Crippen LogP contribution in [0, 0.1) is 0 Å². The van der Waals surface area contributed by atoms with Crippen LogP contribution in [0.2, 0.25) is 0 Å². The van der Waals surface area contributed by atoms with Crippen molar-refractivity contribution in [2.45, 2.75) is 50.3 Å². The van der Waals surface area contributed by atoms with Crippen LogP contribution in [0.25, 0.3) is 175 Å². The van der Waals surface area contributed by atoms with Crippen LogP contribution < -0.4 is 21.3 Å². The largest absolute Gasteiger partial charge is 0.507 e. The fourth-order valence-corrected chi connectivity index (χ4v) is 22.0.